The fraction of sp³-hybridized carbons (Fsp3) is 0.667. The molecule has 0 aromatic rings. The Bertz CT molecular complexity index is 87.4. The maximum Gasteiger partial charge on any atom is 0.235 e. The van der Waals surface area contributed by atoms with Crippen LogP contribution in [0.2, 0.25) is 0 Å². The standard InChI is InChI=1S/C3H8N2OS2/c4-2(1-8-7)3(5)6/h2,7H,1,4H2,(H2,5,6)/t2-/m1/s1. The van der Waals surface area contributed by atoms with Crippen LogP contribution in [0.15, 0.2) is 0 Å². The van der Waals surface area contributed by atoms with Gasteiger partial charge in [-0.2, -0.15) is 0 Å². The van der Waals surface area contributed by atoms with E-state index in [2.05, 4.69) is 11.7 Å². The number of thiol groups is 1. The summed E-state index contributed by atoms with van der Waals surface area (Å²) in [6.07, 6.45) is 0. The monoisotopic (exact) mass is 152 g/mol. The second kappa shape index (κ2) is 4.05. The summed E-state index contributed by atoms with van der Waals surface area (Å²) in [6, 6.07) is -0.558. The summed E-state index contributed by atoms with van der Waals surface area (Å²) < 4.78 is 0. The van der Waals surface area contributed by atoms with Gasteiger partial charge in [-0.25, -0.2) is 0 Å². The van der Waals surface area contributed by atoms with Crippen molar-refractivity contribution >= 4 is 28.4 Å². The summed E-state index contributed by atoms with van der Waals surface area (Å²) in [5.74, 6) is -0.00937. The molecule has 0 aromatic heterocycles. The molecule has 1 amide bonds. The Morgan fingerprint density at radius 2 is 2.38 bits per heavy atom. The molecule has 0 radical (unpaired) electrons. The van der Waals surface area contributed by atoms with E-state index in [0.29, 0.717) is 5.75 Å². The van der Waals surface area contributed by atoms with E-state index in [1.54, 1.807) is 0 Å². The smallest absolute Gasteiger partial charge is 0.235 e. The van der Waals surface area contributed by atoms with Crippen LogP contribution >= 0.6 is 22.5 Å². The number of carbonyl (C=O) groups excluding carboxylic acids is 1. The van der Waals surface area contributed by atoms with Gasteiger partial charge in [0.15, 0.2) is 0 Å². The molecular formula is C3H8N2OS2. The third-order valence-corrected chi connectivity index (χ3v) is 1.57. The zero-order valence-electron chi connectivity index (χ0n) is 4.20. The first-order valence-corrected chi connectivity index (χ1v) is 4.03. The highest BCUT2D eigenvalue weighted by molar-refractivity contribution is 8.68. The lowest BCUT2D eigenvalue weighted by Gasteiger charge is -2.01. The molecule has 3 nitrogen and oxygen atoms in total. The molecule has 0 aliphatic carbocycles. The summed E-state index contributed by atoms with van der Waals surface area (Å²) in [5, 5.41) is 0. The molecule has 5 heteroatoms. The first-order valence-electron chi connectivity index (χ1n) is 1.99. The second-order valence-corrected chi connectivity index (χ2v) is 2.67. The van der Waals surface area contributed by atoms with Gasteiger partial charge in [0, 0.05) is 5.75 Å². The van der Waals surface area contributed by atoms with Gasteiger partial charge in [0.1, 0.15) is 0 Å². The molecule has 0 fully saturated rings. The van der Waals surface area contributed by atoms with E-state index in [-0.39, 0.29) is 0 Å². The molecule has 0 aromatic carbocycles. The maximum atomic E-state index is 10.1. The summed E-state index contributed by atoms with van der Waals surface area (Å²) in [7, 11) is 1.21. The Kier molecular flexibility index (Phi) is 4.12. The highest BCUT2D eigenvalue weighted by Gasteiger charge is 2.06. The molecule has 1 atom stereocenters. The third kappa shape index (κ3) is 3.17. The molecule has 0 heterocycles. The number of carbonyl (C=O) groups is 1. The molecule has 0 bridgehead atoms. The number of hydrogen-bond donors (Lipinski definition) is 3. The Labute approximate surface area is 57.0 Å². The quantitative estimate of drug-likeness (QED) is 0.373. The normalized spacial score (nSPS) is 13.2. The van der Waals surface area contributed by atoms with E-state index in [1.165, 1.54) is 10.8 Å². The molecule has 0 spiro atoms. The van der Waals surface area contributed by atoms with Crippen molar-refractivity contribution in [2.75, 3.05) is 5.75 Å². The molecular weight excluding hydrogens is 144 g/mol. The molecule has 0 rings (SSSR count). The highest BCUT2D eigenvalue weighted by Crippen LogP contribution is 2.04. The summed E-state index contributed by atoms with van der Waals surface area (Å²) >= 11 is 3.78. The van der Waals surface area contributed by atoms with Crippen molar-refractivity contribution in [2.45, 2.75) is 6.04 Å². The van der Waals surface area contributed by atoms with E-state index >= 15 is 0 Å². The largest absolute Gasteiger partial charge is 0.368 e. The average molecular weight is 152 g/mol. The van der Waals surface area contributed by atoms with E-state index in [1.807, 2.05) is 0 Å². The fourth-order valence-corrected chi connectivity index (χ4v) is 0.969. The van der Waals surface area contributed by atoms with Crippen LogP contribution in [0.4, 0.5) is 0 Å². The SMILES string of the molecule is NC(=O)[C@H](N)CSS. The van der Waals surface area contributed by atoms with E-state index in [9.17, 15) is 4.79 Å². The van der Waals surface area contributed by atoms with Gasteiger partial charge in [0.05, 0.1) is 6.04 Å². The lowest BCUT2D eigenvalue weighted by atomic mass is 10.4. The zero-order valence-corrected chi connectivity index (χ0v) is 5.91. The van der Waals surface area contributed by atoms with E-state index < -0.39 is 11.9 Å². The molecule has 0 saturated carbocycles. The number of rotatable bonds is 3. The molecule has 0 saturated heterocycles. The third-order valence-electron chi connectivity index (χ3n) is 0.620. The van der Waals surface area contributed by atoms with Gasteiger partial charge in [-0.1, -0.05) is 10.8 Å². The van der Waals surface area contributed by atoms with Crippen molar-refractivity contribution in [3.05, 3.63) is 0 Å². The lowest BCUT2D eigenvalue weighted by molar-refractivity contribution is -0.118. The van der Waals surface area contributed by atoms with Crippen molar-refractivity contribution in [3.8, 4) is 0 Å². The fourth-order valence-electron chi connectivity index (χ4n) is 0.162. The second-order valence-electron chi connectivity index (χ2n) is 1.30. The van der Waals surface area contributed by atoms with Crippen LogP contribution in [0, 0.1) is 0 Å². The van der Waals surface area contributed by atoms with Crippen LogP contribution in [-0.4, -0.2) is 17.7 Å². The summed E-state index contributed by atoms with van der Waals surface area (Å²) in [4.78, 5) is 10.1. The molecule has 0 aliphatic heterocycles. The molecule has 8 heavy (non-hydrogen) atoms. The predicted octanol–water partition coefficient (Wildman–Crippen LogP) is -0.623. The van der Waals surface area contributed by atoms with Gasteiger partial charge >= 0.3 is 0 Å². The number of nitrogens with two attached hydrogens (primary N) is 2. The van der Waals surface area contributed by atoms with Gasteiger partial charge < -0.3 is 11.5 Å². The number of amides is 1. The first-order chi connectivity index (χ1) is 3.68. The van der Waals surface area contributed by atoms with Crippen molar-refractivity contribution < 1.29 is 4.79 Å². The van der Waals surface area contributed by atoms with E-state index in [4.69, 9.17) is 11.5 Å². The Morgan fingerprint density at radius 1 is 1.88 bits per heavy atom. The number of hydrogen-bond acceptors (Lipinski definition) is 4. The van der Waals surface area contributed by atoms with Crippen LogP contribution in [0.5, 0.6) is 0 Å². The van der Waals surface area contributed by atoms with Crippen LogP contribution < -0.4 is 11.5 Å². The molecule has 48 valence electrons. The van der Waals surface area contributed by atoms with Gasteiger partial charge in [-0.3, -0.25) is 4.79 Å². The number of primary amides is 1. The van der Waals surface area contributed by atoms with Gasteiger partial charge in [0.2, 0.25) is 5.91 Å². The van der Waals surface area contributed by atoms with Crippen LogP contribution in [0.3, 0.4) is 0 Å². The minimum atomic E-state index is -0.558. The highest BCUT2D eigenvalue weighted by atomic mass is 33.1. The summed E-state index contributed by atoms with van der Waals surface area (Å²) in [5.41, 5.74) is 9.99. The Hall–Kier alpha value is 0.130. The van der Waals surface area contributed by atoms with Crippen LogP contribution in [0.25, 0.3) is 0 Å². The van der Waals surface area contributed by atoms with Crippen molar-refractivity contribution in [3.63, 3.8) is 0 Å². The van der Waals surface area contributed by atoms with Gasteiger partial charge in [0.25, 0.3) is 0 Å². The topological polar surface area (TPSA) is 69.1 Å². The summed E-state index contributed by atoms with van der Waals surface area (Å²) in [6.45, 7) is 0. The average Bonchev–Trinajstić information content (AvgIpc) is 1.67. The molecule has 0 unspecified atom stereocenters. The van der Waals surface area contributed by atoms with Crippen molar-refractivity contribution in [1.29, 1.82) is 0 Å². The Morgan fingerprint density at radius 3 is 2.50 bits per heavy atom. The molecule has 4 N–H and O–H groups in total. The van der Waals surface area contributed by atoms with Crippen LogP contribution in [-0.2, 0) is 4.79 Å². The van der Waals surface area contributed by atoms with Gasteiger partial charge in [-0.05, 0) is 0 Å². The zero-order chi connectivity index (χ0) is 6.57. The van der Waals surface area contributed by atoms with Crippen molar-refractivity contribution in [1.82, 2.24) is 0 Å². The lowest BCUT2D eigenvalue weighted by Crippen LogP contribution is -2.38. The minimum absolute atomic E-state index is 0.471. The molecule has 0 aliphatic rings. The first kappa shape index (κ1) is 8.13. The van der Waals surface area contributed by atoms with Gasteiger partial charge in [-0.15, -0.1) is 11.7 Å². The van der Waals surface area contributed by atoms with E-state index in [0.717, 1.165) is 0 Å². The van der Waals surface area contributed by atoms with Crippen molar-refractivity contribution in [2.24, 2.45) is 11.5 Å². The van der Waals surface area contributed by atoms with Crippen LogP contribution in [0.1, 0.15) is 0 Å². The minimum Gasteiger partial charge on any atom is -0.368 e. The predicted molar refractivity (Wildman–Crippen MR) is 38.6 cm³/mol. The maximum absolute atomic E-state index is 10.1. The Balaban J connectivity index is 3.32.